The van der Waals surface area contributed by atoms with E-state index in [4.69, 9.17) is 4.74 Å². The van der Waals surface area contributed by atoms with E-state index in [1.54, 1.807) is 17.5 Å². The van der Waals surface area contributed by atoms with Crippen molar-refractivity contribution in [3.05, 3.63) is 77.3 Å². The molecule has 2 aromatic carbocycles. The summed E-state index contributed by atoms with van der Waals surface area (Å²) in [6, 6.07) is 14.1. The summed E-state index contributed by atoms with van der Waals surface area (Å²) in [5.74, 6) is -1.21. The summed E-state index contributed by atoms with van der Waals surface area (Å²) in [6.45, 7) is 1.33. The first-order valence-corrected chi connectivity index (χ1v) is 10.1. The lowest BCUT2D eigenvalue weighted by Gasteiger charge is -2.17. The standard InChI is InChI=1S/C22H17F3N2O4S/c1-15(28)27(18-5-3-2-4-6-18)21-26-17(14-32-21)13-30-20(29)12-9-16-7-10-19(11-8-16)31-22(23,24)25/h2-12,14H,13H2,1H3/b12-9+. The van der Waals surface area contributed by atoms with Crippen molar-refractivity contribution in [1.82, 2.24) is 4.98 Å². The molecule has 0 atom stereocenters. The molecule has 6 nitrogen and oxygen atoms in total. The number of aromatic nitrogens is 1. The number of thiazole rings is 1. The van der Waals surface area contributed by atoms with Crippen molar-refractivity contribution in [1.29, 1.82) is 0 Å². The highest BCUT2D eigenvalue weighted by atomic mass is 32.1. The molecule has 1 amide bonds. The van der Waals surface area contributed by atoms with Gasteiger partial charge in [-0.3, -0.25) is 9.69 Å². The summed E-state index contributed by atoms with van der Waals surface area (Å²) >= 11 is 1.24. The van der Waals surface area contributed by atoms with E-state index >= 15 is 0 Å². The van der Waals surface area contributed by atoms with E-state index in [-0.39, 0.29) is 18.3 Å². The van der Waals surface area contributed by atoms with Gasteiger partial charge in [0, 0.05) is 18.4 Å². The fraction of sp³-hybridized carbons (Fsp3) is 0.136. The first-order chi connectivity index (χ1) is 15.2. The Morgan fingerprint density at radius 2 is 1.78 bits per heavy atom. The largest absolute Gasteiger partial charge is 0.573 e. The van der Waals surface area contributed by atoms with Gasteiger partial charge in [0.25, 0.3) is 0 Å². The molecule has 0 aliphatic heterocycles. The van der Waals surface area contributed by atoms with E-state index in [9.17, 15) is 22.8 Å². The molecule has 1 heterocycles. The molecule has 0 aliphatic rings. The van der Waals surface area contributed by atoms with Crippen LogP contribution in [-0.2, 0) is 20.9 Å². The van der Waals surface area contributed by atoms with Crippen molar-refractivity contribution in [2.24, 2.45) is 0 Å². The SMILES string of the molecule is CC(=O)N(c1ccccc1)c1nc(COC(=O)/C=C/c2ccc(OC(F)(F)F)cc2)cs1. The molecule has 3 aromatic rings. The third kappa shape index (κ3) is 6.67. The minimum Gasteiger partial charge on any atom is -0.456 e. The van der Waals surface area contributed by atoms with Gasteiger partial charge in [-0.1, -0.05) is 30.3 Å². The number of esters is 1. The molecule has 0 unspecified atom stereocenters. The third-order valence-corrected chi connectivity index (χ3v) is 4.82. The Hall–Kier alpha value is -3.66. The van der Waals surface area contributed by atoms with E-state index in [1.807, 2.05) is 18.2 Å². The lowest BCUT2D eigenvalue weighted by Crippen LogP contribution is -2.22. The van der Waals surface area contributed by atoms with E-state index < -0.39 is 12.3 Å². The van der Waals surface area contributed by atoms with Crippen molar-refractivity contribution < 1.29 is 32.2 Å². The molecular weight excluding hydrogens is 445 g/mol. The molecule has 3 rings (SSSR count). The first kappa shape index (κ1) is 23.0. The van der Waals surface area contributed by atoms with Crippen LogP contribution in [0.1, 0.15) is 18.2 Å². The van der Waals surface area contributed by atoms with Gasteiger partial charge >= 0.3 is 12.3 Å². The Morgan fingerprint density at radius 1 is 1.09 bits per heavy atom. The summed E-state index contributed by atoms with van der Waals surface area (Å²) in [5, 5.41) is 2.14. The van der Waals surface area contributed by atoms with Gasteiger partial charge in [0.1, 0.15) is 12.4 Å². The number of hydrogen-bond donors (Lipinski definition) is 0. The monoisotopic (exact) mass is 462 g/mol. The number of hydrogen-bond acceptors (Lipinski definition) is 6. The van der Waals surface area contributed by atoms with Gasteiger partial charge in [-0.05, 0) is 35.9 Å². The van der Waals surface area contributed by atoms with Gasteiger partial charge in [-0.15, -0.1) is 24.5 Å². The van der Waals surface area contributed by atoms with Gasteiger partial charge in [0.05, 0.1) is 11.4 Å². The van der Waals surface area contributed by atoms with Crippen LogP contribution in [-0.4, -0.2) is 23.2 Å². The molecule has 0 aliphatic carbocycles. The predicted molar refractivity (Wildman–Crippen MR) is 113 cm³/mol. The molecular formula is C22H17F3N2O4S. The number of nitrogens with zero attached hydrogens (tertiary/aromatic N) is 2. The van der Waals surface area contributed by atoms with Crippen LogP contribution in [0, 0.1) is 0 Å². The van der Waals surface area contributed by atoms with E-state index in [1.165, 1.54) is 41.4 Å². The molecule has 0 radical (unpaired) electrons. The van der Waals surface area contributed by atoms with Gasteiger partial charge in [0.2, 0.25) is 5.91 Å². The lowest BCUT2D eigenvalue weighted by atomic mass is 10.2. The number of carbonyl (C=O) groups is 2. The Morgan fingerprint density at radius 3 is 2.41 bits per heavy atom. The number of carbonyl (C=O) groups excluding carboxylic acids is 2. The maximum absolute atomic E-state index is 12.2. The first-order valence-electron chi connectivity index (χ1n) is 9.22. The van der Waals surface area contributed by atoms with Crippen LogP contribution in [0.25, 0.3) is 6.08 Å². The average molecular weight is 462 g/mol. The smallest absolute Gasteiger partial charge is 0.456 e. The van der Waals surface area contributed by atoms with Crippen LogP contribution in [0.15, 0.2) is 66.1 Å². The van der Waals surface area contributed by atoms with Crippen LogP contribution in [0.4, 0.5) is 24.0 Å². The number of ether oxygens (including phenoxy) is 2. The highest BCUT2D eigenvalue weighted by Gasteiger charge is 2.30. The molecule has 10 heteroatoms. The van der Waals surface area contributed by atoms with Crippen molar-refractivity contribution in [2.45, 2.75) is 19.9 Å². The van der Waals surface area contributed by atoms with Crippen LogP contribution < -0.4 is 9.64 Å². The molecule has 0 N–H and O–H groups in total. The molecule has 166 valence electrons. The molecule has 0 bridgehead atoms. The maximum atomic E-state index is 12.2. The second-order valence-corrected chi connectivity index (χ2v) is 7.21. The van der Waals surface area contributed by atoms with Crippen molar-refractivity contribution in [3.8, 4) is 5.75 Å². The number of anilines is 2. The Bertz CT molecular complexity index is 1100. The summed E-state index contributed by atoms with van der Waals surface area (Å²) in [7, 11) is 0. The van der Waals surface area contributed by atoms with Crippen LogP contribution >= 0.6 is 11.3 Å². The van der Waals surface area contributed by atoms with Crippen molar-refractivity contribution in [3.63, 3.8) is 0 Å². The zero-order valence-electron chi connectivity index (χ0n) is 16.7. The summed E-state index contributed by atoms with van der Waals surface area (Å²) in [6.07, 6.45) is -2.21. The molecule has 1 aromatic heterocycles. The van der Waals surface area contributed by atoms with E-state index in [0.29, 0.717) is 22.1 Å². The number of halogens is 3. The topological polar surface area (TPSA) is 68.7 Å². The lowest BCUT2D eigenvalue weighted by molar-refractivity contribution is -0.274. The van der Waals surface area contributed by atoms with Gasteiger partial charge < -0.3 is 9.47 Å². The van der Waals surface area contributed by atoms with Crippen molar-refractivity contribution in [2.75, 3.05) is 4.90 Å². The van der Waals surface area contributed by atoms with Gasteiger partial charge in [0.15, 0.2) is 5.13 Å². The number of amides is 1. The Kier molecular flexibility index (Phi) is 7.26. The second-order valence-electron chi connectivity index (χ2n) is 6.37. The van der Waals surface area contributed by atoms with Crippen LogP contribution in [0.3, 0.4) is 0 Å². The minimum atomic E-state index is -4.76. The molecule has 32 heavy (non-hydrogen) atoms. The third-order valence-electron chi connectivity index (χ3n) is 3.95. The normalized spacial score (nSPS) is 11.4. The van der Waals surface area contributed by atoms with E-state index in [0.717, 1.165) is 18.2 Å². The highest BCUT2D eigenvalue weighted by molar-refractivity contribution is 7.14. The van der Waals surface area contributed by atoms with Gasteiger partial charge in [-0.25, -0.2) is 9.78 Å². The fourth-order valence-corrected chi connectivity index (χ4v) is 3.48. The maximum Gasteiger partial charge on any atom is 0.573 e. The van der Waals surface area contributed by atoms with Crippen molar-refractivity contribution >= 4 is 40.1 Å². The quantitative estimate of drug-likeness (QED) is 0.343. The highest BCUT2D eigenvalue weighted by Crippen LogP contribution is 2.29. The molecule has 0 spiro atoms. The molecule has 0 saturated carbocycles. The molecule has 0 fully saturated rings. The zero-order valence-corrected chi connectivity index (χ0v) is 17.5. The van der Waals surface area contributed by atoms with Crippen LogP contribution in [0.2, 0.25) is 0 Å². The predicted octanol–water partition coefficient (Wildman–Crippen LogP) is 5.48. The van der Waals surface area contributed by atoms with Crippen LogP contribution in [0.5, 0.6) is 5.75 Å². The molecule has 0 saturated heterocycles. The number of para-hydroxylation sites is 1. The number of rotatable bonds is 7. The fourth-order valence-electron chi connectivity index (χ4n) is 2.61. The van der Waals surface area contributed by atoms with E-state index in [2.05, 4.69) is 9.72 Å². The average Bonchev–Trinajstić information content (AvgIpc) is 3.19. The van der Waals surface area contributed by atoms with Gasteiger partial charge in [-0.2, -0.15) is 0 Å². The minimum absolute atomic E-state index is 0.0986. The summed E-state index contributed by atoms with van der Waals surface area (Å²) < 4.78 is 45.4. The number of alkyl halides is 3. The zero-order chi connectivity index (χ0) is 23.1. The summed E-state index contributed by atoms with van der Waals surface area (Å²) in [4.78, 5) is 29.8. The summed E-state index contributed by atoms with van der Waals surface area (Å²) in [5.41, 5.74) is 1.64. The second kappa shape index (κ2) is 10.1. The number of benzene rings is 2. The Balaban J connectivity index is 1.56. The Labute approximate surface area is 185 Å².